The molecule has 6 nitrogen and oxygen atoms in total. The summed E-state index contributed by atoms with van der Waals surface area (Å²) in [5.41, 5.74) is -0.253. The topological polar surface area (TPSA) is 60.9 Å². The van der Waals surface area contributed by atoms with Gasteiger partial charge in [-0.25, -0.2) is 8.42 Å². The van der Waals surface area contributed by atoms with Gasteiger partial charge in [-0.1, -0.05) is 29.3 Å². The molecule has 2 fully saturated rings. The number of amides is 1. The predicted octanol–water partition coefficient (Wildman–Crippen LogP) is 4.76. The van der Waals surface area contributed by atoms with Gasteiger partial charge in [-0.15, -0.1) is 0 Å². The van der Waals surface area contributed by atoms with Gasteiger partial charge in [-0.2, -0.15) is 17.5 Å². The van der Waals surface area contributed by atoms with Crippen molar-refractivity contribution in [2.24, 2.45) is 5.92 Å². The van der Waals surface area contributed by atoms with Gasteiger partial charge in [0.2, 0.25) is 15.9 Å². The van der Waals surface area contributed by atoms with Crippen LogP contribution in [0.3, 0.4) is 0 Å². The molecule has 12 heteroatoms. The first kappa shape index (κ1) is 26.1. The van der Waals surface area contributed by atoms with E-state index >= 15 is 0 Å². The van der Waals surface area contributed by atoms with Crippen molar-refractivity contribution in [3.63, 3.8) is 0 Å². The second-order valence-electron chi connectivity index (χ2n) is 8.64. The van der Waals surface area contributed by atoms with E-state index in [0.717, 1.165) is 12.1 Å². The Hall–Kier alpha value is -2.01. The normalized spacial score (nSPS) is 20.2. The van der Waals surface area contributed by atoms with Gasteiger partial charge in [-0.05, 0) is 49.2 Å². The van der Waals surface area contributed by atoms with Crippen LogP contribution in [0, 0.1) is 5.92 Å². The van der Waals surface area contributed by atoms with Gasteiger partial charge in [0.1, 0.15) is 4.90 Å². The first-order chi connectivity index (χ1) is 16.5. The number of carbonyl (C=O) groups is 1. The number of piperazine rings is 1. The average molecular weight is 550 g/mol. The lowest BCUT2D eigenvalue weighted by atomic mass is 9.97. The van der Waals surface area contributed by atoms with Crippen molar-refractivity contribution in [3.8, 4) is 0 Å². The molecular weight excluding hydrogens is 526 g/mol. The van der Waals surface area contributed by atoms with Crippen LogP contribution in [0.4, 0.5) is 18.9 Å². The fourth-order valence-electron chi connectivity index (χ4n) is 4.50. The molecule has 190 valence electrons. The number of nitrogens with zero attached hydrogens (tertiary/aromatic N) is 3. The van der Waals surface area contributed by atoms with Gasteiger partial charge < -0.3 is 9.80 Å². The van der Waals surface area contributed by atoms with Crippen LogP contribution in [0.5, 0.6) is 0 Å². The first-order valence-corrected chi connectivity index (χ1v) is 13.3. The van der Waals surface area contributed by atoms with Gasteiger partial charge >= 0.3 is 6.18 Å². The van der Waals surface area contributed by atoms with Gasteiger partial charge in [0.05, 0.1) is 16.5 Å². The van der Waals surface area contributed by atoms with Crippen LogP contribution in [0.25, 0.3) is 0 Å². The number of halogens is 5. The fraction of sp³-hybridized carbons (Fsp3) is 0.435. The minimum atomic E-state index is -4.42. The monoisotopic (exact) mass is 549 g/mol. The van der Waals surface area contributed by atoms with E-state index < -0.39 is 27.7 Å². The van der Waals surface area contributed by atoms with Crippen LogP contribution in [-0.2, 0) is 21.0 Å². The molecule has 2 aromatic rings. The summed E-state index contributed by atoms with van der Waals surface area (Å²) in [5.74, 6) is -0.651. The van der Waals surface area contributed by atoms with Crippen LogP contribution < -0.4 is 4.90 Å². The summed E-state index contributed by atoms with van der Waals surface area (Å²) in [6.45, 7) is 1.78. The molecule has 2 saturated heterocycles. The van der Waals surface area contributed by atoms with Crippen molar-refractivity contribution >= 4 is 44.8 Å². The highest BCUT2D eigenvalue weighted by molar-refractivity contribution is 7.89. The molecule has 0 aliphatic carbocycles. The zero-order chi connectivity index (χ0) is 25.4. The predicted molar refractivity (Wildman–Crippen MR) is 128 cm³/mol. The molecule has 0 radical (unpaired) electrons. The van der Waals surface area contributed by atoms with E-state index in [4.69, 9.17) is 23.2 Å². The molecular formula is C23H24Cl2F3N3O3S. The van der Waals surface area contributed by atoms with Crippen molar-refractivity contribution in [3.05, 3.63) is 58.1 Å². The van der Waals surface area contributed by atoms with Gasteiger partial charge in [-0.3, -0.25) is 4.79 Å². The van der Waals surface area contributed by atoms with Crippen LogP contribution in [0.1, 0.15) is 18.4 Å². The van der Waals surface area contributed by atoms with Crippen molar-refractivity contribution in [2.45, 2.75) is 23.9 Å². The molecule has 0 spiro atoms. The highest BCUT2D eigenvalue weighted by Crippen LogP contribution is 2.33. The Morgan fingerprint density at radius 3 is 2.37 bits per heavy atom. The Labute approximate surface area is 212 Å². The quantitative estimate of drug-likeness (QED) is 0.551. The molecule has 0 saturated carbocycles. The lowest BCUT2D eigenvalue weighted by Gasteiger charge is -2.39. The molecule has 0 N–H and O–H groups in total. The summed E-state index contributed by atoms with van der Waals surface area (Å²) in [6.07, 6.45) is -3.34. The van der Waals surface area contributed by atoms with Gasteiger partial charge in [0.15, 0.2) is 0 Å². The molecule has 4 rings (SSSR count). The fourth-order valence-corrected chi connectivity index (χ4v) is 6.76. The van der Waals surface area contributed by atoms with Crippen LogP contribution in [0.15, 0.2) is 47.4 Å². The minimum absolute atomic E-state index is 0.0395. The molecule has 1 atom stereocenters. The number of piperidine rings is 1. The van der Waals surface area contributed by atoms with E-state index in [9.17, 15) is 26.4 Å². The van der Waals surface area contributed by atoms with Gasteiger partial charge in [0.25, 0.3) is 0 Å². The molecule has 1 amide bonds. The summed E-state index contributed by atoms with van der Waals surface area (Å²) in [7, 11) is -3.93. The SMILES string of the molecule is O=C([C@H]1CCCN(S(=O)(=O)c2cc(Cl)ccc2Cl)C1)N1CCN(c2cccc(C(F)(F)F)c2)CC1. The summed E-state index contributed by atoms with van der Waals surface area (Å²) >= 11 is 12.1. The Morgan fingerprint density at radius 2 is 1.69 bits per heavy atom. The molecule has 2 aliphatic heterocycles. The molecule has 2 heterocycles. The third-order valence-electron chi connectivity index (χ3n) is 6.37. The largest absolute Gasteiger partial charge is 0.416 e. The highest BCUT2D eigenvalue weighted by Gasteiger charge is 2.37. The lowest BCUT2D eigenvalue weighted by Crippen LogP contribution is -2.53. The van der Waals surface area contributed by atoms with E-state index in [-0.39, 0.29) is 33.9 Å². The molecule has 0 unspecified atom stereocenters. The van der Waals surface area contributed by atoms with Crippen LogP contribution in [0.2, 0.25) is 10.0 Å². The average Bonchev–Trinajstić information content (AvgIpc) is 2.85. The van der Waals surface area contributed by atoms with E-state index in [0.29, 0.717) is 44.7 Å². The van der Waals surface area contributed by atoms with E-state index in [1.165, 1.54) is 28.6 Å². The van der Waals surface area contributed by atoms with Crippen LogP contribution in [-0.4, -0.2) is 62.8 Å². The number of sulfonamides is 1. The maximum atomic E-state index is 13.2. The number of alkyl halides is 3. The zero-order valence-electron chi connectivity index (χ0n) is 18.6. The van der Waals surface area contributed by atoms with Crippen molar-refractivity contribution in [1.29, 1.82) is 0 Å². The maximum Gasteiger partial charge on any atom is 0.416 e. The summed E-state index contributed by atoms with van der Waals surface area (Å²) in [6, 6.07) is 9.37. The number of anilines is 1. The summed E-state index contributed by atoms with van der Waals surface area (Å²) in [5, 5.41) is 0.310. The van der Waals surface area contributed by atoms with Crippen molar-refractivity contribution < 1.29 is 26.4 Å². The molecule has 2 aromatic carbocycles. The molecule has 2 aliphatic rings. The number of hydrogen-bond donors (Lipinski definition) is 0. The highest BCUT2D eigenvalue weighted by atomic mass is 35.5. The third-order valence-corrected chi connectivity index (χ3v) is 8.96. The molecule has 35 heavy (non-hydrogen) atoms. The van der Waals surface area contributed by atoms with Crippen LogP contribution >= 0.6 is 23.2 Å². The Bertz CT molecular complexity index is 1200. The molecule has 0 aromatic heterocycles. The minimum Gasteiger partial charge on any atom is -0.368 e. The maximum absolute atomic E-state index is 13.2. The number of carbonyl (C=O) groups excluding carboxylic acids is 1. The van der Waals surface area contributed by atoms with Gasteiger partial charge in [0, 0.05) is 50.0 Å². The standard InChI is InChI=1S/C23H24Cl2F3N3O3S/c24-18-6-7-20(25)21(14-18)35(33,34)31-8-2-3-16(15-31)22(32)30-11-9-29(10-12-30)19-5-1-4-17(13-19)23(26,27)28/h1,4-7,13-14,16H,2-3,8-12,15H2/t16-/m0/s1. The second kappa shape index (κ2) is 10.2. The Morgan fingerprint density at radius 1 is 0.971 bits per heavy atom. The van der Waals surface area contributed by atoms with Crippen molar-refractivity contribution in [2.75, 3.05) is 44.2 Å². The second-order valence-corrected chi connectivity index (χ2v) is 11.4. The number of rotatable bonds is 4. The summed E-state index contributed by atoms with van der Waals surface area (Å²) < 4.78 is 66.7. The van der Waals surface area contributed by atoms with E-state index in [2.05, 4.69) is 0 Å². The zero-order valence-corrected chi connectivity index (χ0v) is 21.0. The number of benzene rings is 2. The Balaban J connectivity index is 1.40. The van der Waals surface area contributed by atoms with E-state index in [1.807, 2.05) is 4.90 Å². The first-order valence-electron chi connectivity index (χ1n) is 11.1. The Kier molecular flexibility index (Phi) is 7.57. The van der Waals surface area contributed by atoms with E-state index in [1.54, 1.807) is 11.0 Å². The number of hydrogen-bond acceptors (Lipinski definition) is 4. The molecule has 0 bridgehead atoms. The smallest absolute Gasteiger partial charge is 0.368 e. The van der Waals surface area contributed by atoms with Crippen molar-refractivity contribution in [1.82, 2.24) is 9.21 Å². The lowest BCUT2D eigenvalue weighted by molar-refractivity contribution is -0.137. The summed E-state index contributed by atoms with van der Waals surface area (Å²) in [4.78, 5) is 16.6. The third kappa shape index (κ3) is 5.71.